The van der Waals surface area contributed by atoms with Crippen LogP contribution in [-0.4, -0.2) is 42.8 Å². The van der Waals surface area contributed by atoms with Crippen molar-refractivity contribution in [3.05, 3.63) is 57.6 Å². The Morgan fingerprint density at radius 3 is 2.34 bits per heavy atom. The Morgan fingerprint density at radius 2 is 1.72 bits per heavy atom. The van der Waals surface area contributed by atoms with E-state index >= 15 is 0 Å². The van der Waals surface area contributed by atoms with E-state index in [9.17, 15) is 18.5 Å². The molecule has 1 fully saturated rings. The average Bonchev–Trinajstić information content (AvgIpc) is 2.64. The van der Waals surface area contributed by atoms with Gasteiger partial charge >= 0.3 is 0 Å². The number of piperazine rings is 1. The number of ether oxygens (including phenoxy) is 1. The van der Waals surface area contributed by atoms with Crippen LogP contribution in [0.15, 0.2) is 41.3 Å². The summed E-state index contributed by atoms with van der Waals surface area (Å²) in [6, 6.07) is 9.23. The third-order valence-electron chi connectivity index (χ3n) is 4.84. The van der Waals surface area contributed by atoms with Gasteiger partial charge in [0, 0.05) is 37.3 Å². The molecule has 2 atom stereocenters. The highest BCUT2D eigenvalue weighted by Gasteiger charge is 2.34. The normalized spacial score (nSPS) is 20.4. The van der Waals surface area contributed by atoms with Crippen LogP contribution >= 0.6 is 0 Å². The first kappa shape index (κ1) is 21.2. The van der Waals surface area contributed by atoms with Crippen molar-refractivity contribution in [2.45, 2.75) is 44.7 Å². The van der Waals surface area contributed by atoms with Gasteiger partial charge in [-0.15, -0.1) is 0 Å². The summed E-state index contributed by atoms with van der Waals surface area (Å²) in [5.41, 5.74) is 1.50. The molecular formula is C20H25N3O5S. The van der Waals surface area contributed by atoms with E-state index in [1.807, 2.05) is 45.9 Å². The van der Waals surface area contributed by atoms with Crippen LogP contribution in [-0.2, 0) is 10.0 Å². The molecule has 0 bridgehead atoms. The maximum atomic E-state index is 13.4. The molecule has 0 amide bonds. The van der Waals surface area contributed by atoms with Crippen molar-refractivity contribution in [1.29, 1.82) is 0 Å². The number of sulfonamides is 1. The van der Waals surface area contributed by atoms with Crippen LogP contribution < -0.4 is 10.1 Å². The smallest absolute Gasteiger partial charge is 0.271 e. The number of hydrogen-bond donors (Lipinski definition) is 1. The van der Waals surface area contributed by atoms with Crippen molar-refractivity contribution in [3.63, 3.8) is 0 Å². The Balaban J connectivity index is 2.09. The van der Waals surface area contributed by atoms with E-state index < -0.39 is 14.9 Å². The van der Waals surface area contributed by atoms with Gasteiger partial charge in [-0.05, 0) is 51.0 Å². The second kappa shape index (κ2) is 8.10. The Bertz CT molecular complexity index is 1030. The molecule has 1 saturated heterocycles. The molecule has 156 valence electrons. The number of hydrogen-bond acceptors (Lipinski definition) is 6. The first-order valence-corrected chi connectivity index (χ1v) is 10.8. The van der Waals surface area contributed by atoms with Crippen LogP contribution in [0, 0.1) is 24.0 Å². The summed E-state index contributed by atoms with van der Waals surface area (Å²) in [7, 11) is -3.99. The van der Waals surface area contributed by atoms with E-state index in [1.54, 1.807) is 0 Å². The minimum absolute atomic E-state index is 0.0318. The molecule has 0 saturated carbocycles. The van der Waals surface area contributed by atoms with E-state index in [4.69, 9.17) is 4.74 Å². The molecule has 8 nitrogen and oxygen atoms in total. The quantitative estimate of drug-likeness (QED) is 0.589. The molecular weight excluding hydrogens is 394 g/mol. The molecule has 2 aromatic rings. The predicted octanol–water partition coefficient (Wildman–Crippen LogP) is 3.37. The fourth-order valence-corrected chi connectivity index (χ4v) is 5.20. The topological polar surface area (TPSA) is 102 Å². The summed E-state index contributed by atoms with van der Waals surface area (Å²) in [4.78, 5) is 10.5. The van der Waals surface area contributed by atoms with Gasteiger partial charge in [-0.1, -0.05) is 12.1 Å². The van der Waals surface area contributed by atoms with Gasteiger partial charge in [-0.3, -0.25) is 10.1 Å². The van der Waals surface area contributed by atoms with Gasteiger partial charge < -0.3 is 10.1 Å². The zero-order valence-corrected chi connectivity index (χ0v) is 17.7. The van der Waals surface area contributed by atoms with Crippen LogP contribution in [0.4, 0.5) is 5.69 Å². The number of rotatable bonds is 5. The third kappa shape index (κ3) is 4.58. The predicted molar refractivity (Wildman–Crippen MR) is 110 cm³/mol. The highest BCUT2D eigenvalue weighted by Crippen LogP contribution is 2.35. The molecule has 3 rings (SSSR count). The second-order valence-corrected chi connectivity index (χ2v) is 9.46. The molecule has 0 aliphatic carbocycles. The number of benzene rings is 2. The maximum Gasteiger partial charge on any atom is 0.271 e. The third-order valence-corrected chi connectivity index (χ3v) is 6.70. The zero-order valence-electron chi connectivity index (χ0n) is 16.9. The molecule has 9 heteroatoms. The number of aryl methyl sites for hydroxylation is 2. The molecule has 0 radical (unpaired) electrons. The molecule has 0 aromatic heterocycles. The molecule has 0 spiro atoms. The Hall–Kier alpha value is -2.49. The fraction of sp³-hybridized carbons (Fsp3) is 0.400. The SMILES string of the molecule is Cc1ccc(C)c(Oc2ccc([N+](=O)[O-])cc2S(=O)(=O)N2CC(C)NC(C)C2)c1. The minimum Gasteiger partial charge on any atom is -0.456 e. The second-order valence-electron chi connectivity index (χ2n) is 7.55. The summed E-state index contributed by atoms with van der Waals surface area (Å²) >= 11 is 0. The van der Waals surface area contributed by atoms with Crippen LogP contribution in [0.3, 0.4) is 0 Å². The van der Waals surface area contributed by atoms with Crippen molar-refractivity contribution in [2.24, 2.45) is 0 Å². The van der Waals surface area contributed by atoms with E-state index in [2.05, 4.69) is 5.32 Å². The first-order valence-electron chi connectivity index (χ1n) is 9.37. The lowest BCUT2D eigenvalue weighted by Gasteiger charge is -2.35. The molecule has 29 heavy (non-hydrogen) atoms. The largest absolute Gasteiger partial charge is 0.456 e. The first-order chi connectivity index (χ1) is 13.6. The van der Waals surface area contributed by atoms with Crippen molar-refractivity contribution in [2.75, 3.05) is 13.1 Å². The highest BCUT2D eigenvalue weighted by atomic mass is 32.2. The number of nitro groups is 1. The van der Waals surface area contributed by atoms with E-state index in [-0.39, 0.29) is 41.5 Å². The van der Waals surface area contributed by atoms with E-state index in [0.717, 1.165) is 17.2 Å². The summed E-state index contributed by atoms with van der Waals surface area (Å²) < 4.78 is 34.1. The van der Waals surface area contributed by atoms with Gasteiger partial charge in [0.2, 0.25) is 10.0 Å². The van der Waals surface area contributed by atoms with E-state index in [1.165, 1.54) is 16.4 Å². The zero-order chi connectivity index (χ0) is 21.3. The van der Waals surface area contributed by atoms with Gasteiger partial charge in [0.15, 0.2) is 0 Å². The standard InChI is InChI=1S/C20H25N3O5S/c1-13-5-6-14(2)19(9-13)28-18-8-7-17(23(24)25)10-20(18)29(26,27)22-11-15(3)21-16(4)12-22/h5-10,15-16,21H,11-12H2,1-4H3. The average molecular weight is 420 g/mol. The summed E-state index contributed by atoms with van der Waals surface area (Å²) in [6.07, 6.45) is 0. The number of non-ortho nitro benzene ring substituents is 1. The van der Waals surface area contributed by atoms with Gasteiger partial charge in [-0.2, -0.15) is 4.31 Å². The summed E-state index contributed by atoms with van der Waals surface area (Å²) in [6.45, 7) is 8.12. The molecule has 2 aromatic carbocycles. The number of nitrogens with zero attached hydrogens (tertiary/aromatic N) is 2. The monoisotopic (exact) mass is 419 g/mol. The van der Waals surface area contributed by atoms with Crippen molar-refractivity contribution in [1.82, 2.24) is 9.62 Å². The molecule has 2 unspecified atom stereocenters. The fourth-order valence-electron chi connectivity index (χ4n) is 3.44. The number of nitrogens with one attached hydrogen (secondary N) is 1. The van der Waals surface area contributed by atoms with Gasteiger partial charge in [-0.25, -0.2) is 8.42 Å². The van der Waals surface area contributed by atoms with Crippen LogP contribution in [0.1, 0.15) is 25.0 Å². The van der Waals surface area contributed by atoms with Gasteiger partial charge in [0.1, 0.15) is 16.4 Å². The summed E-state index contributed by atoms with van der Waals surface area (Å²) in [5.74, 6) is 0.584. The Kier molecular flexibility index (Phi) is 5.92. The molecule has 1 N–H and O–H groups in total. The van der Waals surface area contributed by atoms with Gasteiger partial charge in [0.25, 0.3) is 5.69 Å². The Morgan fingerprint density at radius 1 is 1.07 bits per heavy atom. The molecule has 1 aliphatic heterocycles. The molecule has 1 heterocycles. The Labute approximate surface area is 170 Å². The minimum atomic E-state index is -3.99. The maximum absolute atomic E-state index is 13.4. The van der Waals surface area contributed by atoms with Gasteiger partial charge in [0.05, 0.1) is 4.92 Å². The lowest BCUT2D eigenvalue weighted by Crippen LogP contribution is -2.55. The van der Waals surface area contributed by atoms with E-state index in [0.29, 0.717) is 5.75 Å². The van der Waals surface area contributed by atoms with Crippen molar-refractivity contribution >= 4 is 15.7 Å². The summed E-state index contributed by atoms with van der Waals surface area (Å²) in [5, 5.41) is 14.6. The van der Waals surface area contributed by atoms with Crippen LogP contribution in [0.5, 0.6) is 11.5 Å². The lowest BCUT2D eigenvalue weighted by molar-refractivity contribution is -0.385. The number of nitro benzene ring substituents is 1. The van der Waals surface area contributed by atoms with Crippen LogP contribution in [0.2, 0.25) is 0 Å². The van der Waals surface area contributed by atoms with Crippen LogP contribution in [0.25, 0.3) is 0 Å². The van der Waals surface area contributed by atoms with Crippen molar-refractivity contribution < 1.29 is 18.1 Å². The lowest BCUT2D eigenvalue weighted by atomic mass is 10.1. The highest BCUT2D eigenvalue weighted by molar-refractivity contribution is 7.89. The molecule has 1 aliphatic rings. The van der Waals surface area contributed by atoms with Crippen molar-refractivity contribution in [3.8, 4) is 11.5 Å².